The zero-order valence-electron chi connectivity index (χ0n) is 11.9. The first-order valence-corrected chi connectivity index (χ1v) is 7.89. The van der Waals surface area contributed by atoms with Gasteiger partial charge in [0.05, 0.1) is 5.56 Å². The Bertz CT molecular complexity index is 734. The van der Waals surface area contributed by atoms with E-state index in [0.717, 1.165) is 18.7 Å². The van der Waals surface area contributed by atoms with Gasteiger partial charge in [0.2, 0.25) is 0 Å². The Hall–Kier alpha value is -1.78. The molecule has 0 spiro atoms. The van der Waals surface area contributed by atoms with Crippen LogP contribution in [0.5, 0.6) is 0 Å². The first-order valence-electron chi connectivity index (χ1n) is 7.10. The van der Waals surface area contributed by atoms with E-state index in [9.17, 15) is 9.18 Å². The molecule has 0 amide bonds. The van der Waals surface area contributed by atoms with E-state index in [1.807, 2.05) is 18.2 Å². The van der Waals surface area contributed by atoms with Crippen molar-refractivity contribution in [1.29, 1.82) is 0 Å². The van der Waals surface area contributed by atoms with Crippen LogP contribution in [0.15, 0.2) is 59.1 Å². The number of hydrogen-bond donors (Lipinski definition) is 0. The van der Waals surface area contributed by atoms with Crippen molar-refractivity contribution in [2.45, 2.75) is 6.54 Å². The van der Waals surface area contributed by atoms with Gasteiger partial charge in [-0.3, -0.25) is 9.69 Å². The fraction of sp³-hybridized carbons (Fsp3) is 0.167. The van der Waals surface area contributed by atoms with Crippen LogP contribution in [-0.4, -0.2) is 23.8 Å². The summed E-state index contributed by atoms with van der Waals surface area (Å²) in [6.07, 6.45) is 4.22. The summed E-state index contributed by atoms with van der Waals surface area (Å²) in [7, 11) is 0. The maximum Gasteiger partial charge on any atom is 0.196 e. The first kappa shape index (κ1) is 15.1. The van der Waals surface area contributed by atoms with E-state index in [1.54, 1.807) is 12.1 Å². The molecule has 2 aromatic carbocycles. The van der Waals surface area contributed by atoms with Gasteiger partial charge in [0.1, 0.15) is 5.82 Å². The van der Waals surface area contributed by atoms with Crippen LogP contribution in [0.4, 0.5) is 4.39 Å². The molecule has 0 radical (unpaired) electrons. The van der Waals surface area contributed by atoms with Crippen LogP contribution >= 0.6 is 15.9 Å². The van der Waals surface area contributed by atoms with Crippen LogP contribution in [-0.2, 0) is 6.54 Å². The Labute approximate surface area is 137 Å². The molecule has 3 rings (SSSR count). The summed E-state index contributed by atoms with van der Waals surface area (Å²) in [4.78, 5) is 14.9. The lowest BCUT2D eigenvalue weighted by Crippen LogP contribution is -2.21. The summed E-state index contributed by atoms with van der Waals surface area (Å²) < 4.78 is 14.7. The van der Waals surface area contributed by atoms with E-state index >= 15 is 0 Å². The molecule has 4 heteroatoms. The molecule has 1 heterocycles. The number of benzene rings is 2. The molecule has 0 saturated heterocycles. The molecule has 112 valence electrons. The molecule has 0 aliphatic carbocycles. The average Bonchev–Trinajstić information content (AvgIpc) is 3.00. The van der Waals surface area contributed by atoms with Gasteiger partial charge in [-0.15, -0.1) is 0 Å². The SMILES string of the molecule is O=C(c1ccc(Br)cc1F)c1ccccc1CN1CC=CC1. The molecule has 22 heavy (non-hydrogen) atoms. The molecular weight excluding hydrogens is 345 g/mol. The summed E-state index contributed by atoms with van der Waals surface area (Å²) in [5.74, 6) is -0.773. The lowest BCUT2D eigenvalue weighted by Gasteiger charge is -2.17. The van der Waals surface area contributed by atoms with E-state index in [0.29, 0.717) is 16.6 Å². The third-order valence-electron chi connectivity index (χ3n) is 3.73. The third kappa shape index (κ3) is 3.18. The van der Waals surface area contributed by atoms with Crippen molar-refractivity contribution >= 4 is 21.7 Å². The highest BCUT2D eigenvalue weighted by molar-refractivity contribution is 9.10. The fourth-order valence-corrected chi connectivity index (χ4v) is 2.92. The Kier molecular flexibility index (Phi) is 4.50. The summed E-state index contributed by atoms with van der Waals surface area (Å²) >= 11 is 3.21. The Balaban J connectivity index is 1.91. The zero-order valence-corrected chi connectivity index (χ0v) is 13.5. The molecule has 0 aromatic heterocycles. The minimum Gasteiger partial charge on any atom is -0.292 e. The average molecular weight is 360 g/mol. The summed E-state index contributed by atoms with van der Waals surface area (Å²) in [6.45, 7) is 2.46. The smallest absolute Gasteiger partial charge is 0.196 e. The van der Waals surface area contributed by atoms with Gasteiger partial charge in [0.25, 0.3) is 0 Å². The van der Waals surface area contributed by atoms with E-state index < -0.39 is 5.82 Å². The highest BCUT2D eigenvalue weighted by Crippen LogP contribution is 2.21. The highest BCUT2D eigenvalue weighted by atomic mass is 79.9. The van der Waals surface area contributed by atoms with E-state index in [4.69, 9.17) is 0 Å². The van der Waals surface area contributed by atoms with Gasteiger partial charge in [0.15, 0.2) is 5.78 Å². The van der Waals surface area contributed by atoms with Crippen molar-refractivity contribution < 1.29 is 9.18 Å². The molecule has 2 aromatic rings. The van der Waals surface area contributed by atoms with Gasteiger partial charge < -0.3 is 0 Å². The molecule has 1 aliphatic heterocycles. The molecule has 0 N–H and O–H groups in total. The quantitative estimate of drug-likeness (QED) is 0.602. The molecule has 0 fully saturated rings. The molecule has 0 atom stereocenters. The molecular formula is C18H15BrFNO. The Morgan fingerprint density at radius 3 is 2.55 bits per heavy atom. The first-order chi connectivity index (χ1) is 10.6. The van der Waals surface area contributed by atoms with Crippen molar-refractivity contribution in [2.24, 2.45) is 0 Å². The second kappa shape index (κ2) is 6.55. The third-order valence-corrected chi connectivity index (χ3v) is 4.22. The van der Waals surface area contributed by atoms with Gasteiger partial charge in [0, 0.05) is 29.7 Å². The second-order valence-corrected chi connectivity index (χ2v) is 6.19. The summed E-state index contributed by atoms with van der Waals surface area (Å²) in [5.41, 5.74) is 1.60. The molecule has 0 saturated carbocycles. The lowest BCUT2D eigenvalue weighted by atomic mass is 9.97. The predicted octanol–water partition coefficient (Wildman–Crippen LogP) is 4.19. The van der Waals surface area contributed by atoms with Gasteiger partial charge >= 0.3 is 0 Å². The van der Waals surface area contributed by atoms with E-state index in [1.165, 1.54) is 12.1 Å². The van der Waals surface area contributed by atoms with Crippen molar-refractivity contribution in [3.63, 3.8) is 0 Å². The fourth-order valence-electron chi connectivity index (χ4n) is 2.59. The Morgan fingerprint density at radius 2 is 1.82 bits per heavy atom. The zero-order chi connectivity index (χ0) is 15.5. The van der Waals surface area contributed by atoms with E-state index in [2.05, 4.69) is 33.0 Å². The summed E-state index contributed by atoms with van der Waals surface area (Å²) in [6, 6.07) is 12.0. The van der Waals surface area contributed by atoms with Gasteiger partial charge in [-0.1, -0.05) is 52.3 Å². The standard InChI is InChI=1S/C18H15BrFNO/c19-14-7-8-16(17(20)11-14)18(22)15-6-2-1-5-13(15)12-21-9-3-4-10-21/h1-8,11H,9-10,12H2. The number of ketones is 1. The highest BCUT2D eigenvalue weighted by Gasteiger charge is 2.18. The van der Waals surface area contributed by atoms with Crippen LogP contribution in [0.25, 0.3) is 0 Å². The van der Waals surface area contributed by atoms with E-state index in [-0.39, 0.29) is 11.3 Å². The topological polar surface area (TPSA) is 20.3 Å². The number of carbonyl (C=O) groups excluding carboxylic acids is 1. The molecule has 0 unspecified atom stereocenters. The van der Waals surface area contributed by atoms with Gasteiger partial charge in [-0.25, -0.2) is 4.39 Å². The van der Waals surface area contributed by atoms with Crippen LogP contribution in [0, 0.1) is 5.82 Å². The van der Waals surface area contributed by atoms with Gasteiger partial charge in [-0.05, 0) is 23.8 Å². The molecule has 2 nitrogen and oxygen atoms in total. The van der Waals surface area contributed by atoms with Crippen LogP contribution in [0.1, 0.15) is 21.5 Å². The maximum atomic E-state index is 14.1. The lowest BCUT2D eigenvalue weighted by molar-refractivity contribution is 0.103. The number of carbonyl (C=O) groups is 1. The monoisotopic (exact) mass is 359 g/mol. The van der Waals surface area contributed by atoms with Crippen LogP contribution in [0.3, 0.4) is 0 Å². The maximum absolute atomic E-state index is 14.1. The minimum atomic E-state index is -0.503. The van der Waals surface area contributed by atoms with Crippen molar-refractivity contribution in [2.75, 3.05) is 13.1 Å². The van der Waals surface area contributed by atoms with Crippen molar-refractivity contribution in [1.82, 2.24) is 4.90 Å². The Morgan fingerprint density at radius 1 is 1.09 bits per heavy atom. The number of nitrogens with zero attached hydrogens (tertiary/aromatic N) is 1. The van der Waals surface area contributed by atoms with Gasteiger partial charge in [-0.2, -0.15) is 0 Å². The van der Waals surface area contributed by atoms with Crippen molar-refractivity contribution in [3.8, 4) is 0 Å². The molecule has 0 bridgehead atoms. The predicted molar refractivity (Wildman–Crippen MR) is 88.4 cm³/mol. The molecule has 1 aliphatic rings. The summed E-state index contributed by atoms with van der Waals surface area (Å²) in [5, 5.41) is 0. The number of hydrogen-bond acceptors (Lipinski definition) is 2. The largest absolute Gasteiger partial charge is 0.292 e. The van der Waals surface area contributed by atoms with Crippen molar-refractivity contribution in [3.05, 3.63) is 81.6 Å². The number of rotatable bonds is 4. The van der Waals surface area contributed by atoms with Crippen LogP contribution < -0.4 is 0 Å². The number of halogens is 2. The minimum absolute atomic E-state index is 0.107. The normalized spacial score (nSPS) is 14.5. The second-order valence-electron chi connectivity index (χ2n) is 5.28. The van der Waals surface area contributed by atoms with Crippen LogP contribution in [0.2, 0.25) is 0 Å².